The molecule has 20 heavy (non-hydrogen) atoms. The molecule has 1 atom stereocenters. The van der Waals surface area contributed by atoms with Gasteiger partial charge in [0.05, 0.1) is 0 Å². The third-order valence-corrected chi connectivity index (χ3v) is 3.11. The van der Waals surface area contributed by atoms with Crippen molar-refractivity contribution in [1.29, 1.82) is 0 Å². The van der Waals surface area contributed by atoms with Crippen molar-refractivity contribution in [3.63, 3.8) is 0 Å². The first kappa shape index (κ1) is 14.4. The lowest BCUT2D eigenvalue weighted by atomic mass is 10.1. The van der Waals surface area contributed by atoms with Gasteiger partial charge in [-0.25, -0.2) is 0 Å². The largest absolute Gasteiger partial charge is 0.508 e. The maximum Gasteiger partial charge on any atom is 0.119 e. The van der Waals surface area contributed by atoms with E-state index in [0.29, 0.717) is 12.4 Å². The van der Waals surface area contributed by atoms with Crippen LogP contribution in [0.15, 0.2) is 54.6 Å². The zero-order valence-corrected chi connectivity index (χ0v) is 11.8. The van der Waals surface area contributed by atoms with Crippen molar-refractivity contribution in [2.75, 3.05) is 13.2 Å². The van der Waals surface area contributed by atoms with Crippen LogP contribution < -0.4 is 10.1 Å². The average molecular weight is 271 g/mol. The monoisotopic (exact) mass is 271 g/mol. The molecule has 106 valence electrons. The van der Waals surface area contributed by atoms with Crippen molar-refractivity contribution in [2.45, 2.75) is 19.4 Å². The molecule has 0 bridgehead atoms. The van der Waals surface area contributed by atoms with Crippen LogP contribution in [-0.4, -0.2) is 24.3 Å². The first-order valence-electron chi connectivity index (χ1n) is 6.97. The van der Waals surface area contributed by atoms with Crippen LogP contribution in [0.25, 0.3) is 0 Å². The van der Waals surface area contributed by atoms with Gasteiger partial charge >= 0.3 is 0 Å². The molecule has 0 aromatic heterocycles. The number of benzene rings is 2. The summed E-state index contributed by atoms with van der Waals surface area (Å²) in [7, 11) is 0. The summed E-state index contributed by atoms with van der Waals surface area (Å²) < 4.78 is 5.80. The molecule has 2 N–H and O–H groups in total. The highest BCUT2D eigenvalue weighted by Crippen LogP contribution is 2.13. The molecule has 3 nitrogen and oxygen atoms in total. The zero-order chi connectivity index (χ0) is 14.2. The number of hydrogen-bond acceptors (Lipinski definition) is 3. The molecule has 0 radical (unpaired) electrons. The first-order chi connectivity index (χ1) is 9.78. The molecule has 0 aliphatic heterocycles. The smallest absolute Gasteiger partial charge is 0.119 e. The van der Waals surface area contributed by atoms with Crippen LogP contribution in [0.1, 0.15) is 12.5 Å². The number of phenols is 1. The highest BCUT2D eigenvalue weighted by Gasteiger charge is 2.09. The Hall–Kier alpha value is -2.00. The van der Waals surface area contributed by atoms with E-state index in [0.717, 1.165) is 18.7 Å². The maximum atomic E-state index is 9.31. The lowest BCUT2D eigenvalue weighted by molar-refractivity contribution is 0.265. The molecule has 0 aliphatic rings. The van der Waals surface area contributed by atoms with Gasteiger partial charge in [-0.05, 0) is 42.8 Å². The number of ether oxygens (including phenoxy) is 1. The SMILES string of the molecule is CCNC(COc1ccccc1)Cc1ccc(O)cc1. The highest BCUT2D eigenvalue weighted by molar-refractivity contribution is 5.26. The minimum Gasteiger partial charge on any atom is -0.508 e. The van der Waals surface area contributed by atoms with Gasteiger partial charge in [0.1, 0.15) is 18.1 Å². The van der Waals surface area contributed by atoms with E-state index in [-0.39, 0.29) is 6.04 Å². The molecule has 2 aromatic carbocycles. The van der Waals surface area contributed by atoms with E-state index in [1.165, 1.54) is 5.56 Å². The van der Waals surface area contributed by atoms with Gasteiger partial charge in [0.2, 0.25) is 0 Å². The van der Waals surface area contributed by atoms with E-state index >= 15 is 0 Å². The van der Waals surface area contributed by atoms with Gasteiger partial charge in [-0.1, -0.05) is 37.3 Å². The summed E-state index contributed by atoms with van der Waals surface area (Å²) in [6.07, 6.45) is 0.876. The summed E-state index contributed by atoms with van der Waals surface area (Å²) in [5, 5.41) is 12.7. The van der Waals surface area contributed by atoms with Crippen LogP contribution in [0, 0.1) is 0 Å². The number of aromatic hydroxyl groups is 1. The maximum absolute atomic E-state index is 9.31. The molecule has 3 heteroatoms. The Kier molecular flexibility index (Phi) is 5.44. The van der Waals surface area contributed by atoms with Gasteiger partial charge in [0, 0.05) is 6.04 Å². The van der Waals surface area contributed by atoms with Crippen LogP contribution in [0.3, 0.4) is 0 Å². The molecule has 0 fully saturated rings. The Morgan fingerprint density at radius 3 is 2.40 bits per heavy atom. The number of phenolic OH excluding ortho intramolecular Hbond substituents is 1. The summed E-state index contributed by atoms with van der Waals surface area (Å²) in [5.41, 5.74) is 1.19. The Morgan fingerprint density at radius 1 is 1.05 bits per heavy atom. The van der Waals surface area contributed by atoms with Gasteiger partial charge in [0.25, 0.3) is 0 Å². The van der Waals surface area contributed by atoms with Gasteiger partial charge < -0.3 is 15.2 Å². The van der Waals surface area contributed by atoms with Crippen molar-refractivity contribution in [3.05, 3.63) is 60.2 Å². The van der Waals surface area contributed by atoms with Crippen LogP contribution in [0.4, 0.5) is 0 Å². The number of hydrogen-bond donors (Lipinski definition) is 2. The molecule has 0 aliphatic carbocycles. The molecule has 2 rings (SSSR count). The van der Waals surface area contributed by atoms with Gasteiger partial charge in [0.15, 0.2) is 0 Å². The summed E-state index contributed by atoms with van der Waals surface area (Å²) in [5.74, 6) is 1.19. The first-order valence-corrected chi connectivity index (χ1v) is 6.97. The lowest BCUT2D eigenvalue weighted by Crippen LogP contribution is -2.36. The molecule has 0 amide bonds. The molecule has 2 aromatic rings. The zero-order valence-electron chi connectivity index (χ0n) is 11.8. The van der Waals surface area contributed by atoms with Crippen molar-refractivity contribution < 1.29 is 9.84 Å². The normalized spacial score (nSPS) is 12.1. The summed E-state index contributed by atoms with van der Waals surface area (Å²) in [4.78, 5) is 0. The summed E-state index contributed by atoms with van der Waals surface area (Å²) >= 11 is 0. The third kappa shape index (κ3) is 4.59. The Bertz CT molecular complexity index is 496. The predicted octanol–water partition coefficient (Wildman–Crippen LogP) is 2.99. The molecule has 0 saturated carbocycles. The van der Waals surface area contributed by atoms with Crippen LogP contribution in [0.5, 0.6) is 11.5 Å². The molecule has 0 spiro atoms. The highest BCUT2D eigenvalue weighted by atomic mass is 16.5. The third-order valence-electron chi connectivity index (χ3n) is 3.11. The second-order valence-corrected chi connectivity index (χ2v) is 4.75. The quantitative estimate of drug-likeness (QED) is 0.813. The second kappa shape index (κ2) is 7.56. The fourth-order valence-electron chi connectivity index (χ4n) is 2.11. The standard InChI is InChI=1S/C17H21NO2/c1-2-18-15(12-14-8-10-16(19)11-9-14)13-20-17-6-4-3-5-7-17/h3-11,15,18-19H,2,12-13H2,1H3. The molecule has 0 saturated heterocycles. The van der Waals surface area contributed by atoms with Crippen LogP contribution in [0.2, 0.25) is 0 Å². The number of nitrogens with one attached hydrogen (secondary N) is 1. The average Bonchev–Trinajstić information content (AvgIpc) is 2.48. The van der Waals surface area contributed by atoms with Gasteiger partial charge in [-0.3, -0.25) is 0 Å². The summed E-state index contributed by atoms with van der Waals surface area (Å²) in [6, 6.07) is 17.4. The summed E-state index contributed by atoms with van der Waals surface area (Å²) in [6.45, 7) is 3.62. The van der Waals surface area contributed by atoms with Crippen LogP contribution >= 0.6 is 0 Å². The van der Waals surface area contributed by atoms with Gasteiger partial charge in [-0.15, -0.1) is 0 Å². The van der Waals surface area contributed by atoms with E-state index in [9.17, 15) is 5.11 Å². The topological polar surface area (TPSA) is 41.5 Å². The molecule has 1 unspecified atom stereocenters. The predicted molar refractivity (Wildman–Crippen MR) is 81.2 cm³/mol. The number of rotatable bonds is 7. The van der Waals surface area contributed by atoms with E-state index in [4.69, 9.17) is 4.74 Å². The number of para-hydroxylation sites is 1. The minimum absolute atomic E-state index is 0.254. The van der Waals surface area contributed by atoms with E-state index < -0.39 is 0 Å². The molecular weight excluding hydrogens is 250 g/mol. The second-order valence-electron chi connectivity index (χ2n) is 4.75. The van der Waals surface area contributed by atoms with Crippen molar-refractivity contribution in [1.82, 2.24) is 5.32 Å². The number of likely N-dealkylation sites (N-methyl/N-ethyl adjacent to an activating group) is 1. The van der Waals surface area contributed by atoms with Crippen molar-refractivity contribution in [2.24, 2.45) is 0 Å². The van der Waals surface area contributed by atoms with E-state index in [1.54, 1.807) is 12.1 Å². The van der Waals surface area contributed by atoms with Crippen LogP contribution in [-0.2, 0) is 6.42 Å². The van der Waals surface area contributed by atoms with Crippen molar-refractivity contribution in [3.8, 4) is 11.5 Å². The lowest BCUT2D eigenvalue weighted by Gasteiger charge is -2.18. The van der Waals surface area contributed by atoms with Gasteiger partial charge in [-0.2, -0.15) is 0 Å². The Morgan fingerprint density at radius 2 is 1.75 bits per heavy atom. The fourth-order valence-corrected chi connectivity index (χ4v) is 2.11. The Balaban J connectivity index is 1.91. The van der Waals surface area contributed by atoms with E-state index in [2.05, 4.69) is 12.2 Å². The molecular formula is C17H21NO2. The van der Waals surface area contributed by atoms with Crippen molar-refractivity contribution >= 4 is 0 Å². The minimum atomic E-state index is 0.254. The molecule has 0 heterocycles. The van der Waals surface area contributed by atoms with E-state index in [1.807, 2.05) is 42.5 Å². The fraction of sp³-hybridized carbons (Fsp3) is 0.294. The Labute approximate surface area is 120 Å².